The van der Waals surface area contributed by atoms with E-state index in [1.807, 2.05) is 24.3 Å². The molecule has 0 saturated heterocycles. The molecule has 118 valence electrons. The Hall–Kier alpha value is -2.20. The van der Waals surface area contributed by atoms with Gasteiger partial charge < -0.3 is 10.6 Å². The molecule has 3 nitrogen and oxygen atoms in total. The summed E-state index contributed by atoms with van der Waals surface area (Å²) in [4.78, 5) is 11.3. The van der Waals surface area contributed by atoms with Crippen molar-refractivity contribution >= 4 is 28.8 Å². The number of aryl methyl sites for hydroxylation is 1. The van der Waals surface area contributed by atoms with Crippen molar-refractivity contribution in [2.75, 3.05) is 5.32 Å². The highest BCUT2D eigenvalue weighted by atomic mass is 32.1. The predicted molar refractivity (Wildman–Crippen MR) is 97.9 cm³/mol. The van der Waals surface area contributed by atoms with Crippen molar-refractivity contribution in [2.24, 2.45) is 0 Å². The van der Waals surface area contributed by atoms with Gasteiger partial charge in [0, 0.05) is 11.3 Å². The highest BCUT2D eigenvalue weighted by Gasteiger charge is 2.20. The number of hydrogen-bond acceptors (Lipinski definition) is 2. The molecule has 4 heteroatoms. The maximum atomic E-state index is 11.3. The van der Waals surface area contributed by atoms with E-state index in [0.717, 1.165) is 18.5 Å². The van der Waals surface area contributed by atoms with E-state index < -0.39 is 0 Å². The topological polar surface area (TPSA) is 41.1 Å². The van der Waals surface area contributed by atoms with Gasteiger partial charge in [0.25, 0.3) is 0 Å². The molecule has 3 rings (SSSR count). The van der Waals surface area contributed by atoms with Crippen LogP contribution in [0.4, 0.5) is 5.69 Å². The first-order valence-electron chi connectivity index (χ1n) is 7.90. The SMILES string of the molecule is CC(=O)c1ccc(NC(=S)NC2CCCc3ccccc32)cc1. The molecule has 1 aliphatic carbocycles. The summed E-state index contributed by atoms with van der Waals surface area (Å²) in [5.41, 5.74) is 4.34. The second kappa shape index (κ2) is 6.92. The largest absolute Gasteiger partial charge is 0.356 e. The molecule has 0 aromatic heterocycles. The minimum atomic E-state index is 0.0658. The Morgan fingerprint density at radius 1 is 1.13 bits per heavy atom. The first-order chi connectivity index (χ1) is 11.1. The van der Waals surface area contributed by atoms with E-state index in [0.29, 0.717) is 10.7 Å². The van der Waals surface area contributed by atoms with Crippen LogP contribution in [0, 0.1) is 0 Å². The van der Waals surface area contributed by atoms with Gasteiger partial charge in [-0.3, -0.25) is 4.79 Å². The van der Waals surface area contributed by atoms with Gasteiger partial charge in [-0.25, -0.2) is 0 Å². The van der Waals surface area contributed by atoms with Crippen molar-refractivity contribution in [3.05, 3.63) is 65.2 Å². The van der Waals surface area contributed by atoms with Gasteiger partial charge in [0.2, 0.25) is 0 Å². The minimum Gasteiger partial charge on any atom is -0.356 e. The average molecular weight is 324 g/mol. The van der Waals surface area contributed by atoms with Gasteiger partial charge >= 0.3 is 0 Å². The van der Waals surface area contributed by atoms with Crippen LogP contribution in [-0.4, -0.2) is 10.9 Å². The second-order valence-corrected chi connectivity index (χ2v) is 6.28. The van der Waals surface area contributed by atoms with Crippen molar-refractivity contribution in [1.29, 1.82) is 0 Å². The lowest BCUT2D eigenvalue weighted by Crippen LogP contribution is -2.34. The molecular weight excluding hydrogens is 304 g/mol. The Kier molecular flexibility index (Phi) is 4.72. The number of nitrogens with one attached hydrogen (secondary N) is 2. The molecule has 0 fully saturated rings. The molecule has 1 atom stereocenters. The van der Waals surface area contributed by atoms with E-state index in [4.69, 9.17) is 12.2 Å². The Morgan fingerprint density at radius 2 is 1.87 bits per heavy atom. The summed E-state index contributed by atoms with van der Waals surface area (Å²) >= 11 is 5.44. The predicted octanol–water partition coefficient (Wildman–Crippen LogP) is 4.25. The lowest BCUT2D eigenvalue weighted by Gasteiger charge is -2.27. The fourth-order valence-corrected chi connectivity index (χ4v) is 3.28. The number of ketones is 1. The zero-order valence-corrected chi connectivity index (χ0v) is 14.0. The van der Waals surface area contributed by atoms with Gasteiger partial charge in [-0.1, -0.05) is 24.3 Å². The molecule has 0 bridgehead atoms. The quantitative estimate of drug-likeness (QED) is 0.654. The highest BCUT2D eigenvalue weighted by molar-refractivity contribution is 7.80. The summed E-state index contributed by atoms with van der Waals surface area (Å²) in [6.07, 6.45) is 3.40. The summed E-state index contributed by atoms with van der Waals surface area (Å²) in [6, 6.07) is 16.2. The maximum Gasteiger partial charge on any atom is 0.171 e. The van der Waals surface area contributed by atoms with E-state index in [2.05, 4.69) is 34.9 Å². The molecule has 0 radical (unpaired) electrons. The third-order valence-electron chi connectivity index (χ3n) is 4.22. The lowest BCUT2D eigenvalue weighted by atomic mass is 9.88. The van der Waals surface area contributed by atoms with Crippen LogP contribution in [0.1, 0.15) is 47.3 Å². The van der Waals surface area contributed by atoms with Gasteiger partial charge in [0.15, 0.2) is 10.9 Å². The maximum absolute atomic E-state index is 11.3. The summed E-state index contributed by atoms with van der Waals surface area (Å²) in [5.74, 6) is 0.0658. The first kappa shape index (κ1) is 15.7. The highest BCUT2D eigenvalue weighted by Crippen LogP contribution is 2.29. The Morgan fingerprint density at radius 3 is 2.61 bits per heavy atom. The number of carbonyl (C=O) groups excluding carboxylic acids is 1. The van der Waals surface area contributed by atoms with Crippen molar-refractivity contribution in [3.63, 3.8) is 0 Å². The van der Waals surface area contributed by atoms with Gasteiger partial charge in [-0.05, 0) is 73.8 Å². The van der Waals surface area contributed by atoms with Gasteiger partial charge in [0.05, 0.1) is 6.04 Å². The minimum absolute atomic E-state index is 0.0658. The molecule has 0 aliphatic heterocycles. The Labute approximate surface area is 142 Å². The first-order valence-corrected chi connectivity index (χ1v) is 8.30. The number of Topliss-reactive ketones (excluding diaryl/α,β-unsaturated/α-hetero) is 1. The molecule has 1 unspecified atom stereocenters. The van der Waals surface area contributed by atoms with Crippen LogP contribution in [0.2, 0.25) is 0 Å². The molecule has 1 aliphatic rings. The zero-order valence-electron chi connectivity index (χ0n) is 13.1. The molecule has 2 N–H and O–H groups in total. The van der Waals surface area contributed by atoms with Gasteiger partial charge in [-0.15, -0.1) is 0 Å². The number of benzene rings is 2. The van der Waals surface area contributed by atoms with Gasteiger partial charge in [-0.2, -0.15) is 0 Å². The van der Waals surface area contributed by atoms with E-state index >= 15 is 0 Å². The van der Waals surface area contributed by atoms with E-state index in [9.17, 15) is 4.79 Å². The standard InChI is InChI=1S/C19H20N2OS/c1-13(22)14-9-11-16(12-10-14)20-19(23)21-18-8-4-6-15-5-2-3-7-17(15)18/h2-3,5,7,9-12,18H,4,6,8H2,1H3,(H2,20,21,23). The lowest BCUT2D eigenvalue weighted by molar-refractivity contribution is 0.101. The number of thiocarbonyl (C=S) groups is 1. The van der Waals surface area contributed by atoms with Crippen molar-refractivity contribution in [1.82, 2.24) is 5.32 Å². The number of anilines is 1. The third kappa shape index (κ3) is 3.77. The smallest absolute Gasteiger partial charge is 0.171 e. The van der Waals surface area contributed by atoms with Crippen LogP contribution in [-0.2, 0) is 6.42 Å². The zero-order chi connectivity index (χ0) is 16.2. The fourth-order valence-electron chi connectivity index (χ4n) is 3.02. The summed E-state index contributed by atoms with van der Waals surface area (Å²) in [5, 5.41) is 7.22. The number of hydrogen-bond donors (Lipinski definition) is 2. The van der Waals surface area contributed by atoms with Crippen molar-refractivity contribution < 1.29 is 4.79 Å². The fraction of sp³-hybridized carbons (Fsp3) is 0.263. The normalized spacial score (nSPS) is 16.3. The van der Waals surface area contributed by atoms with E-state index in [-0.39, 0.29) is 11.8 Å². The molecule has 23 heavy (non-hydrogen) atoms. The van der Waals surface area contributed by atoms with Crippen LogP contribution in [0.5, 0.6) is 0 Å². The summed E-state index contributed by atoms with van der Waals surface area (Å²) in [6.45, 7) is 1.56. The number of fused-ring (bicyclic) bond motifs is 1. The Balaban J connectivity index is 1.65. The average Bonchev–Trinajstić information content (AvgIpc) is 2.55. The van der Waals surface area contributed by atoms with Crippen molar-refractivity contribution in [2.45, 2.75) is 32.2 Å². The molecule has 2 aromatic rings. The molecule has 0 heterocycles. The number of rotatable bonds is 3. The van der Waals surface area contributed by atoms with Gasteiger partial charge in [0.1, 0.15) is 0 Å². The van der Waals surface area contributed by atoms with E-state index in [1.54, 1.807) is 6.92 Å². The second-order valence-electron chi connectivity index (χ2n) is 5.88. The van der Waals surface area contributed by atoms with Crippen LogP contribution in [0.25, 0.3) is 0 Å². The summed E-state index contributed by atoms with van der Waals surface area (Å²) in [7, 11) is 0. The molecule has 0 spiro atoms. The molecule has 0 saturated carbocycles. The molecule has 2 aromatic carbocycles. The third-order valence-corrected chi connectivity index (χ3v) is 4.44. The van der Waals surface area contributed by atoms with Crippen molar-refractivity contribution in [3.8, 4) is 0 Å². The van der Waals surface area contributed by atoms with E-state index in [1.165, 1.54) is 17.5 Å². The summed E-state index contributed by atoms with van der Waals surface area (Å²) < 4.78 is 0. The number of carbonyl (C=O) groups is 1. The van der Waals surface area contributed by atoms with Crippen LogP contribution in [0.15, 0.2) is 48.5 Å². The van der Waals surface area contributed by atoms with Crippen LogP contribution >= 0.6 is 12.2 Å². The Bertz CT molecular complexity index is 724. The monoisotopic (exact) mass is 324 g/mol. The van der Waals surface area contributed by atoms with Crippen LogP contribution in [0.3, 0.4) is 0 Å². The molecular formula is C19H20N2OS. The molecule has 0 amide bonds. The van der Waals surface area contributed by atoms with Crippen LogP contribution < -0.4 is 10.6 Å².